The highest BCUT2D eigenvalue weighted by molar-refractivity contribution is 6.00. The van der Waals surface area contributed by atoms with Gasteiger partial charge in [0, 0.05) is 0 Å². The zero-order valence-electron chi connectivity index (χ0n) is 10.6. The quantitative estimate of drug-likeness (QED) is 0.814. The Morgan fingerprint density at radius 2 is 1.84 bits per heavy atom. The van der Waals surface area contributed by atoms with Gasteiger partial charge >= 0.3 is 11.9 Å². The summed E-state index contributed by atoms with van der Waals surface area (Å²) in [7, 11) is 4.14. The fraction of sp³-hybridized carbons (Fsp3) is 0.333. The maximum absolute atomic E-state index is 11.7. The molecule has 0 amide bonds. The van der Waals surface area contributed by atoms with E-state index in [1.807, 2.05) is 0 Å². The largest absolute Gasteiger partial charge is 0.493 e. The molecule has 1 aromatic carbocycles. The van der Waals surface area contributed by atoms with Crippen LogP contribution in [0.2, 0.25) is 0 Å². The van der Waals surface area contributed by atoms with Gasteiger partial charge in [0.05, 0.1) is 32.5 Å². The third-order valence-corrected chi connectivity index (χ3v) is 2.80. The highest BCUT2D eigenvalue weighted by Crippen LogP contribution is 2.48. The van der Waals surface area contributed by atoms with E-state index < -0.39 is 18.0 Å². The van der Waals surface area contributed by atoms with Crippen LogP contribution in [-0.4, -0.2) is 38.4 Å². The summed E-state index contributed by atoms with van der Waals surface area (Å²) < 4.78 is 20.2. The molecule has 1 atom stereocenters. The highest BCUT2D eigenvalue weighted by atomic mass is 16.6. The van der Waals surface area contributed by atoms with E-state index in [0.717, 1.165) is 0 Å². The summed E-state index contributed by atoms with van der Waals surface area (Å²) in [4.78, 5) is 22.8. The molecule has 7 heteroatoms. The predicted octanol–water partition coefficient (Wildman–Crippen LogP) is 1.01. The second-order valence-corrected chi connectivity index (χ2v) is 3.73. The molecule has 1 heterocycles. The smallest absolute Gasteiger partial charge is 0.350 e. The number of ether oxygens (including phenoxy) is 4. The van der Waals surface area contributed by atoms with Crippen LogP contribution >= 0.6 is 0 Å². The number of fused-ring (bicyclic) bond motifs is 1. The number of carbonyl (C=O) groups is 2. The van der Waals surface area contributed by atoms with Crippen LogP contribution < -0.4 is 14.2 Å². The minimum Gasteiger partial charge on any atom is -0.493 e. The van der Waals surface area contributed by atoms with Crippen LogP contribution in [0.4, 0.5) is 0 Å². The highest BCUT2D eigenvalue weighted by Gasteiger charge is 2.41. The predicted molar refractivity (Wildman–Crippen MR) is 61.9 cm³/mol. The number of hydrogen-bond donors (Lipinski definition) is 1. The van der Waals surface area contributed by atoms with Crippen molar-refractivity contribution in [1.29, 1.82) is 0 Å². The number of hydrogen-bond acceptors (Lipinski definition) is 6. The third kappa shape index (κ3) is 1.83. The van der Waals surface area contributed by atoms with Crippen molar-refractivity contribution in [3.63, 3.8) is 0 Å². The van der Waals surface area contributed by atoms with E-state index in [0.29, 0.717) is 0 Å². The Kier molecular flexibility index (Phi) is 3.20. The Morgan fingerprint density at radius 1 is 1.21 bits per heavy atom. The molecule has 0 aliphatic carbocycles. The molecule has 0 spiro atoms. The van der Waals surface area contributed by atoms with Crippen LogP contribution in [0.5, 0.6) is 17.2 Å². The number of esters is 1. The van der Waals surface area contributed by atoms with E-state index in [4.69, 9.17) is 24.1 Å². The summed E-state index contributed by atoms with van der Waals surface area (Å²) in [5.41, 5.74) is 0.236. The van der Waals surface area contributed by atoms with Gasteiger partial charge in [-0.2, -0.15) is 0 Å². The lowest BCUT2D eigenvalue weighted by Crippen LogP contribution is -2.12. The molecule has 0 fully saturated rings. The maximum atomic E-state index is 11.7. The second-order valence-electron chi connectivity index (χ2n) is 3.73. The molecule has 1 N–H and O–H groups in total. The van der Waals surface area contributed by atoms with Crippen molar-refractivity contribution < 1.29 is 33.6 Å². The Bertz CT molecular complexity index is 549. The fourth-order valence-electron chi connectivity index (χ4n) is 2.01. The number of carboxylic acids is 1. The normalized spacial score (nSPS) is 16.6. The number of cyclic esters (lactones) is 1. The maximum Gasteiger partial charge on any atom is 0.350 e. The first-order valence-corrected chi connectivity index (χ1v) is 5.31. The zero-order chi connectivity index (χ0) is 14.2. The lowest BCUT2D eigenvalue weighted by Gasteiger charge is -2.15. The van der Waals surface area contributed by atoms with E-state index >= 15 is 0 Å². The average molecular weight is 268 g/mol. The number of carbonyl (C=O) groups excluding carboxylic acids is 1. The van der Waals surface area contributed by atoms with Gasteiger partial charge in [-0.05, 0) is 6.07 Å². The molecule has 19 heavy (non-hydrogen) atoms. The molecule has 1 unspecified atom stereocenters. The lowest BCUT2D eigenvalue weighted by atomic mass is 10.0. The summed E-state index contributed by atoms with van der Waals surface area (Å²) >= 11 is 0. The third-order valence-electron chi connectivity index (χ3n) is 2.80. The van der Waals surface area contributed by atoms with E-state index in [1.54, 1.807) is 0 Å². The molecule has 0 aromatic heterocycles. The van der Waals surface area contributed by atoms with Crippen LogP contribution in [0.25, 0.3) is 0 Å². The van der Waals surface area contributed by atoms with Gasteiger partial charge in [-0.15, -0.1) is 0 Å². The molecule has 7 nitrogen and oxygen atoms in total. The van der Waals surface area contributed by atoms with Gasteiger partial charge < -0.3 is 24.1 Å². The molecule has 0 saturated heterocycles. The van der Waals surface area contributed by atoms with Gasteiger partial charge in [0.1, 0.15) is 0 Å². The van der Waals surface area contributed by atoms with Crippen molar-refractivity contribution in [3.05, 3.63) is 17.2 Å². The summed E-state index contributed by atoms with van der Waals surface area (Å²) in [6, 6.07) is 1.38. The van der Waals surface area contributed by atoms with Crippen LogP contribution in [0.1, 0.15) is 22.0 Å². The van der Waals surface area contributed by atoms with Crippen LogP contribution in [0.3, 0.4) is 0 Å². The summed E-state index contributed by atoms with van der Waals surface area (Å²) in [5, 5.41) is 9.08. The van der Waals surface area contributed by atoms with E-state index in [1.165, 1.54) is 27.4 Å². The summed E-state index contributed by atoms with van der Waals surface area (Å²) in [6.45, 7) is 0. The van der Waals surface area contributed by atoms with E-state index in [9.17, 15) is 9.59 Å². The molecule has 1 aromatic rings. The fourth-order valence-corrected chi connectivity index (χ4v) is 2.01. The van der Waals surface area contributed by atoms with Crippen molar-refractivity contribution in [1.82, 2.24) is 0 Å². The van der Waals surface area contributed by atoms with Crippen LogP contribution in [0.15, 0.2) is 6.07 Å². The topological polar surface area (TPSA) is 91.3 Å². The van der Waals surface area contributed by atoms with Gasteiger partial charge in [-0.25, -0.2) is 9.59 Å². The second kappa shape index (κ2) is 4.68. The molecule has 0 bridgehead atoms. The first kappa shape index (κ1) is 13.0. The molecule has 0 radical (unpaired) electrons. The molecule has 2 rings (SSSR count). The Hall–Kier alpha value is -2.44. The molecule has 1 aliphatic heterocycles. The van der Waals surface area contributed by atoms with Crippen molar-refractivity contribution in [2.45, 2.75) is 6.10 Å². The van der Waals surface area contributed by atoms with E-state index in [2.05, 4.69) is 0 Å². The van der Waals surface area contributed by atoms with E-state index in [-0.39, 0.29) is 28.4 Å². The Morgan fingerprint density at radius 3 is 2.32 bits per heavy atom. The minimum atomic E-state index is -1.41. The molecule has 1 aliphatic rings. The Labute approximate surface area is 108 Å². The molecular formula is C12H12O7. The van der Waals surface area contributed by atoms with Crippen LogP contribution in [-0.2, 0) is 9.53 Å². The SMILES string of the molecule is COc1cc2c(c(OC)c1OC)C(C(=O)O)OC2=O. The van der Waals surface area contributed by atoms with Crippen LogP contribution in [0, 0.1) is 0 Å². The molecular weight excluding hydrogens is 256 g/mol. The number of methoxy groups -OCH3 is 3. The standard InChI is InChI=1S/C12H12O7/c1-16-6-4-5-7(9(18-3)8(6)17-2)10(11(13)14)19-12(5)15/h4,10H,1-3H3,(H,13,14). The van der Waals surface area contributed by atoms with Gasteiger partial charge in [0.25, 0.3) is 0 Å². The van der Waals surface area contributed by atoms with Crippen molar-refractivity contribution in [2.24, 2.45) is 0 Å². The summed E-state index contributed by atoms with van der Waals surface area (Å²) in [5.74, 6) is -1.41. The number of benzene rings is 1. The molecule has 0 saturated carbocycles. The lowest BCUT2D eigenvalue weighted by molar-refractivity contribution is -0.146. The number of aliphatic carboxylic acids is 1. The van der Waals surface area contributed by atoms with Gasteiger partial charge in [0.2, 0.25) is 11.9 Å². The number of carboxylic acid groups (broad SMARTS) is 1. The monoisotopic (exact) mass is 268 g/mol. The number of rotatable bonds is 4. The first-order valence-electron chi connectivity index (χ1n) is 5.31. The van der Waals surface area contributed by atoms with Gasteiger partial charge in [0.15, 0.2) is 11.5 Å². The van der Waals surface area contributed by atoms with Crippen molar-refractivity contribution >= 4 is 11.9 Å². The van der Waals surface area contributed by atoms with Crippen molar-refractivity contribution in [2.75, 3.05) is 21.3 Å². The first-order chi connectivity index (χ1) is 9.04. The summed E-state index contributed by atoms with van der Waals surface area (Å²) in [6.07, 6.45) is -1.41. The van der Waals surface area contributed by atoms with Crippen molar-refractivity contribution in [3.8, 4) is 17.2 Å². The zero-order valence-corrected chi connectivity index (χ0v) is 10.6. The molecule has 102 valence electrons. The average Bonchev–Trinajstić information content (AvgIpc) is 2.73. The minimum absolute atomic E-state index is 0.0990. The van der Waals surface area contributed by atoms with Gasteiger partial charge in [-0.1, -0.05) is 0 Å². The Balaban J connectivity index is 2.75. The van der Waals surface area contributed by atoms with Gasteiger partial charge in [-0.3, -0.25) is 0 Å².